The molecule has 0 amide bonds. The number of hydrogen-bond acceptors (Lipinski definition) is 10. The lowest BCUT2D eigenvalue weighted by molar-refractivity contribution is 0.164. The van der Waals surface area contributed by atoms with Crippen molar-refractivity contribution in [3.8, 4) is 5.75 Å². The third kappa shape index (κ3) is 7.34. The van der Waals surface area contributed by atoms with Gasteiger partial charge in [-0.1, -0.05) is 25.4 Å². The number of anilines is 4. The third-order valence-corrected chi connectivity index (χ3v) is 9.79. The molecule has 13 heteroatoms. The van der Waals surface area contributed by atoms with Crippen LogP contribution in [0.4, 0.5) is 23.1 Å². The van der Waals surface area contributed by atoms with Crippen molar-refractivity contribution >= 4 is 44.6 Å². The fourth-order valence-corrected chi connectivity index (χ4v) is 7.24. The first-order valence-electron chi connectivity index (χ1n) is 14.5. The summed E-state index contributed by atoms with van der Waals surface area (Å²) in [7, 11) is -1.96. The van der Waals surface area contributed by atoms with Crippen molar-refractivity contribution in [1.29, 1.82) is 0 Å². The van der Waals surface area contributed by atoms with E-state index in [0.29, 0.717) is 17.6 Å². The summed E-state index contributed by atoms with van der Waals surface area (Å²) in [5, 5.41) is 20.1. The Hall–Kier alpha value is -2.93. The molecule has 3 N–H and O–H groups in total. The van der Waals surface area contributed by atoms with Crippen LogP contribution >= 0.6 is 11.6 Å². The van der Waals surface area contributed by atoms with Crippen molar-refractivity contribution in [3.05, 3.63) is 40.7 Å². The summed E-state index contributed by atoms with van der Waals surface area (Å²) in [5.41, 5.74) is 3.50. The quantitative estimate of drug-likeness (QED) is 0.260. The Bertz CT molecular complexity index is 1520. The average Bonchev–Trinajstić information content (AvgIpc) is 3.66. The van der Waals surface area contributed by atoms with Gasteiger partial charge in [0.25, 0.3) is 0 Å². The lowest BCUT2D eigenvalue weighted by atomic mass is 9.86. The highest BCUT2D eigenvalue weighted by Gasteiger charge is 2.28. The highest BCUT2D eigenvalue weighted by Crippen LogP contribution is 2.40. The number of ether oxygens (including phenoxy) is 1. The molecule has 1 aliphatic heterocycles. The molecule has 0 bridgehead atoms. The van der Waals surface area contributed by atoms with Crippen LogP contribution in [0, 0.1) is 12.8 Å². The maximum Gasteiger partial charge on any atom is 0.229 e. The highest BCUT2D eigenvalue weighted by atomic mass is 35.5. The molecule has 1 saturated heterocycles. The molecule has 42 heavy (non-hydrogen) atoms. The second-order valence-electron chi connectivity index (χ2n) is 11.7. The summed E-state index contributed by atoms with van der Waals surface area (Å²) < 4.78 is 33.8. The molecule has 0 spiro atoms. The molecule has 1 saturated carbocycles. The van der Waals surface area contributed by atoms with Crippen LogP contribution in [0.3, 0.4) is 0 Å². The zero-order valence-corrected chi connectivity index (χ0v) is 26.2. The maximum atomic E-state index is 13.0. The number of aromatic nitrogens is 4. The number of likely N-dealkylation sites (tertiary alicyclic amines) is 1. The number of aliphatic hydroxyl groups excluding tert-OH is 1. The standard InChI is InChI=1S/C29H40ClN7O4S/c1-18(2)17-42(39,40)28-25(16-36(4)35-28)32-27-23(30)15-31-29(34-27)33-24-13-19(3)22(14-26(24)41-21-5-6-21)20-7-9-37(10-8-20)11-12-38/h13-16,18,20-21,38H,5-12,17H2,1-4H3,(H2,31,32,33,34). The van der Waals surface area contributed by atoms with Crippen molar-refractivity contribution < 1.29 is 18.3 Å². The van der Waals surface area contributed by atoms with Gasteiger partial charge in [0.05, 0.1) is 36.0 Å². The predicted octanol–water partition coefficient (Wildman–Crippen LogP) is 4.80. The zero-order chi connectivity index (χ0) is 30.0. The number of nitrogens with zero attached hydrogens (tertiary/aromatic N) is 5. The molecule has 2 aliphatic rings. The van der Waals surface area contributed by atoms with Gasteiger partial charge in [-0.2, -0.15) is 10.1 Å². The predicted molar refractivity (Wildman–Crippen MR) is 164 cm³/mol. The molecular formula is C29H40ClN7O4S. The first kappa shape index (κ1) is 30.5. The molecule has 11 nitrogen and oxygen atoms in total. The highest BCUT2D eigenvalue weighted by molar-refractivity contribution is 7.91. The summed E-state index contributed by atoms with van der Waals surface area (Å²) in [5.74, 6) is 1.67. The van der Waals surface area contributed by atoms with Gasteiger partial charge >= 0.3 is 0 Å². The summed E-state index contributed by atoms with van der Waals surface area (Å²) in [6.45, 7) is 8.66. The summed E-state index contributed by atoms with van der Waals surface area (Å²) in [4.78, 5) is 11.3. The van der Waals surface area contributed by atoms with E-state index in [1.807, 2.05) is 13.8 Å². The minimum atomic E-state index is -3.62. The molecule has 3 aromatic rings. The Morgan fingerprint density at radius 3 is 2.55 bits per heavy atom. The van der Waals surface area contributed by atoms with E-state index in [1.165, 1.54) is 16.4 Å². The summed E-state index contributed by atoms with van der Waals surface area (Å²) in [6.07, 6.45) is 7.40. The number of β-amino-alcohol motifs (C(OH)–C–C–N with tert-alkyl or cyclic N) is 1. The average molecular weight is 618 g/mol. The van der Waals surface area contributed by atoms with Crippen molar-refractivity contribution in [2.45, 2.75) is 63.5 Å². The number of rotatable bonds is 12. The van der Waals surface area contributed by atoms with Gasteiger partial charge in [-0.05, 0) is 80.8 Å². The molecule has 228 valence electrons. The van der Waals surface area contributed by atoms with Gasteiger partial charge in [-0.25, -0.2) is 13.4 Å². The first-order valence-corrected chi connectivity index (χ1v) is 16.5. The number of hydrogen-bond donors (Lipinski definition) is 3. The van der Waals surface area contributed by atoms with Gasteiger partial charge in [-0.3, -0.25) is 4.68 Å². The molecule has 3 heterocycles. The Kier molecular flexibility index (Phi) is 9.26. The Morgan fingerprint density at radius 1 is 1.14 bits per heavy atom. The molecule has 5 rings (SSSR count). The normalized spacial score (nSPS) is 16.6. The Morgan fingerprint density at radius 2 is 1.88 bits per heavy atom. The van der Waals surface area contributed by atoms with Gasteiger partial charge < -0.3 is 25.4 Å². The number of aryl methyl sites for hydroxylation is 2. The monoisotopic (exact) mass is 617 g/mol. The van der Waals surface area contributed by atoms with Crippen LogP contribution in [0.1, 0.15) is 56.6 Å². The molecule has 2 fully saturated rings. The maximum absolute atomic E-state index is 13.0. The topological polar surface area (TPSA) is 134 Å². The van der Waals surface area contributed by atoms with Crippen LogP contribution in [0.5, 0.6) is 5.75 Å². The number of aliphatic hydroxyl groups is 1. The summed E-state index contributed by atoms with van der Waals surface area (Å²) in [6, 6.07) is 4.23. The second kappa shape index (κ2) is 12.7. The number of sulfone groups is 1. The number of nitrogens with one attached hydrogen (secondary N) is 2. The lowest BCUT2D eigenvalue weighted by Gasteiger charge is -2.32. The van der Waals surface area contributed by atoms with Crippen molar-refractivity contribution in [1.82, 2.24) is 24.6 Å². The second-order valence-corrected chi connectivity index (χ2v) is 14.1. The van der Waals surface area contributed by atoms with Crippen LogP contribution in [-0.4, -0.2) is 76.3 Å². The molecule has 1 aromatic carbocycles. The van der Waals surface area contributed by atoms with E-state index in [1.54, 1.807) is 13.2 Å². The van der Waals surface area contributed by atoms with Crippen molar-refractivity contribution in [2.24, 2.45) is 13.0 Å². The van der Waals surface area contributed by atoms with Crippen molar-refractivity contribution in [3.63, 3.8) is 0 Å². The van der Waals surface area contributed by atoms with E-state index in [0.717, 1.165) is 62.3 Å². The van der Waals surface area contributed by atoms with E-state index in [9.17, 15) is 13.5 Å². The van der Waals surface area contributed by atoms with Gasteiger partial charge in [0, 0.05) is 19.8 Å². The Labute approximate surface area is 252 Å². The number of halogens is 1. The van der Waals surface area contributed by atoms with Gasteiger partial charge in [-0.15, -0.1) is 0 Å². The zero-order valence-electron chi connectivity index (χ0n) is 24.6. The van der Waals surface area contributed by atoms with E-state index in [2.05, 4.69) is 49.7 Å². The van der Waals surface area contributed by atoms with Crippen LogP contribution in [0.2, 0.25) is 5.02 Å². The number of benzene rings is 1. The minimum Gasteiger partial charge on any atom is -0.488 e. The van der Waals surface area contributed by atoms with E-state index >= 15 is 0 Å². The van der Waals surface area contributed by atoms with E-state index in [-0.39, 0.29) is 40.2 Å². The van der Waals surface area contributed by atoms with Gasteiger partial charge in [0.2, 0.25) is 11.0 Å². The molecule has 1 aliphatic carbocycles. The molecule has 2 aromatic heterocycles. The fourth-order valence-electron chi connectivity index (χ4n) is 5.38. The molecule has 0 atom stereocenters. The number of piperidine rings is 1. The molecule has 0 unspecified atom stereocenters. The Balaban J connectivity index is 1.39. The largest absolute Gasteiger partial charge is 0.488 e. The van der Waals surface area contributed by atoms with Gasteiger partial charge in [0.1, 0.15) is 10.8 Å². The van der Waals surface area contributed by atoms with Crippen LogP contribution in [0.25, 0.3) is 0 Å². The van der Waals surface area contributed by atoms with Crippen LogP contribution in [0.15, 0.2) is 29.6 Å². The molecular weight excluding hydrogens is 578 g/mol. The van der Waals surface area contributed by atoms with Crippen LogP contribution < -0.4 is 15.4 Å². The molecule has 0 radical (unpaired) electrons. The SMILES string of the molecule is Cc1cc(Nc2ncc(Cl)c(Nc3cn(C)nc3S(=O)(=O)CC(C)C)n2)c(OC2CC2)cc1C1CCN(CCO)CC1. The first-order chi connectivity index (χ1) is 20.0. The van der Waals surface area contributed by atoms with Crippen molar-refractivity contribution in [2.75, 3.05) is 42.6 Å². The fraction of sp³-hybridized carbons (Fsp3) is 0.552. The summed E-state index contributed by atoms with van der Waals surface area (Å²) >= 11 is 6.44. The lowest BCUT2D eigenvalue weighted by Crippen LogP contribution is -2.35. The van der Waals surface area contributed by atoms with E-state index in [4.69, 9.17) is 16.3 Å². The van der Waals surface area contributed by atoms with E-state index < -0.39 is 9.84 Å². The minimum absolute atomic E-state index is 0.0239. The smallest absolute Gasteiger partial charge is 0.229 e. The van der Waals surface area contributed by atoms with Gasteiger partial charge in [0.15, 0.2) is 15.7 Å². The third-order valence-electron chi connectivity index (χ3n) is 7.52. The van der Waals surface area contributed by atoms with Crippen LogP contribution in [-0.2, 0) is 16.9 Å².